The van der Waals surface area contributed by atoms with Gasteiger partial charge in [-0.05, 0) is 48.5 Å². The van der Waals surface area contributed by atoms with Gasteiger partial charge in [0.05, 0.1) is 22.2 Å². The number of ether oxygens (including phenoxy) is 1. The summed E-state index contributed by atoms with van der Waals surface area (Å²) in [5, 5.41) is 9.29. The Balaban J connectivity index is 1.84. The summed E-state index contributed by atoms with van der Waals surface area (Å²) < 4.78 is 46.7. The third kappa shape index (κ3) is 3.84. The van der Waals surface area contributed by atoms with E-state index in [0.717, 1.165) is 12.1 Å². The van der Waals surface area contributed by atoms with Crippen LogP contribution in [-0.2, 0) is 12.8 Å². The van der Waals surface area contributed by atoms with Crippen LogP contribution in [0.1, 0.15) is 21.7 Å². The lowest BCUT2D eigenvalue weighted by molar-refractivity contribution is -0.137. The van der Waals surface area contributed by atoms with E-state index in [-0.39, 0.29) is 17.7 Å². The summed E-state index contributed by atoms with van der Waals surface area (Å²) >= 11 is 0. The van der Waals surface area contributed by atoms with E-state index in [1.165, 1.54) is 18.2 Å². The van der Waals surface area contributed by atoms with E-state index in [1.54, 1.807) is 41.0 Å². The van der Waals surface area contributed by atoms with Gasteiger partial charge in [0.25, 0.3) is 0 Å². The van der Waals surface area contributed by atoms with Gasteiger partial charge in [0.2, 0.25) is 0 Å². The highest BCUT2D eigenvalue weighted by Crippen LogP contribution is 2.32. The number of nitrogens with zero attached hydrogens (tertiary/aromatic N) is 2. The normalized spacial score (nSPS) is 11.6. The molecule has 0 amide bonds. The van der Waals surface area contributed by atoms with Crippen molar-refractivity contribution in [1.82, 2.24) is 9.55 Å². The largest absolute Gasteiger partial charge is 0.486 e. The maximum atomic E-state index is 13.1. The van der Waals surface area contributed by atoms with Crippen molar-refractivity contribution in [2.75, 3.05) is 0 Å². The van der Waals surface area contributed by atoms with Gasteiger partial charge >= 0.3 is 12.1 Å². The fraction of sp³-hybridized carbons (Fsp3) is 0.0909. The Hall–Kier alpha value is -3.81. The Morgan fingerprint density at radius 1 is 1.00 bits per heavy atom. The standard InChI is InChI=1S/C22H15F3N2O3/c23-22(24,25)15-9-10-19-18(12-15)26-20(13-30-17-7-2-1-3-8-17)27(19)16-6-4-5-14(11-16)21(28)29/h1-12H,13H2,(H,28,29). The molecule has 0 atom stereocenters. The highest BCUT2D eigenvalue weighted by Gasteiger charge is 2.31. The number of carboxylic acid groups (broad SMARTS) is 1. The first kappa shape index (κ1) is 19.5. The van der Waals surface area contributed by atoms with Crippen molar-refractivity contribution in [3.8, 4) is 11.4 Å². The van der Waals surface area contributed by atoms with Crippen molar-refractivity contribution >= 4 is 17.0 Å². The zero-order valence-corrected chi connectivity index (χ0v) is 15.4. The van der Waals surface area contributed by atoms with E-state index in [4.69, 9.17) is 4.74 Å². The predicted octanol–water partition coefficient (Wildman–Crippen LogP) is 5.32. The Kier molecular flexibility index (Phi) is 4.91. The lowest BCUT2D eigenvalue weighted by Crippen LogP contribution is -2.07. The molecule has 0 fully saturated rings. The molecule has 0 radical (unpaired) electrons. The molecule has 4 rings (SSSR count). The summed E-state index contributed by atoms with van der Waals surface area (Å²) in [4.78, 5) is 15.7. The molecule has 0 aliphatic heterocycles. The van der Waals surface area contributed by atoms with E-state index in [0.29, 0.717) is 22.8 Å². The lowest BCUT2D eigenvalue weighted by atomic mass is 10.1. The number of carbonyl (C=O) groups is 1. The van der Waals surface area contributed by atoms with Crippen molar-refractivity contribution in [3.63, 3.8) is 0 Å². The molecule has 0 bridgehead atoms. The molecule has 0 unspecified atom stereocenters. The number of halogens is 3. The molecule has 5 nitrogen and oxygen atoms in total. The van der Waals surface area contributed by atoms with Crippen LogP contribution in [0, 0.1) is 0 Å². The fourth-order valence-corrected chi connectivity index (χ4v) is 3.13. The molecule has 0 aliphatic rings. The lowest BCUT2D eigenvalue weighted by Gasteiger charge is -2.12. The first-order valence-corrected chi connectivity index (χ1v) is 8.93. The van der Waals surface area contributed by atoms with Gasteiger partial charge in [-0.1, -0.05) is 24.3 Å². The molecule has 30 heavy (non-hydrogen) atoms. The average molecular weight is 412 g/mol. The first-order chi connectivity index (χ1) is 14.3. The molecule has 1 N–H and O–H groups in total. The number of carboxylic acids is 1. The van der Waals surface area contributed by atoms with Crippen LogP contribution in [-0.4, -0.2) is 20.6 Å². The van der Waals surface area contributed by atoms with E-state index in [9.17, 15) is 23.1 Å². The highest BCUT2D eigenvalue weighted by molar-refractivity contribution is 5.88. The van der Waals surface area contributed by atoms with Crippen LogP contribution < -0.4 is 4.74 Å². The molecule has 4 aromatic rings. The third-order valence-corrected chi connectivity index (χ3v) is 4.51. The molecular formula is C22H15F3N2O3. The van der Waals surface area contributed by atoms with Crippen LogP contribution in [0.4, 0.5) is 13.2 Å². The van der Waals surface area contributed by atoms with Crippen LogP contribution in [0.15, 0.2) is 72.8 Å². The molecule has 0 aliphatic carbocycles. The molecule has 0 spiro atoms. The minimum absolute atomic E-state index is 0.0165. The van der Waals surface area contributed by atoms with Crippen molar-refractivity contribution in [2.45, 2.75) is 12.8 Å². The van der Waals surface area contributed by atoms with Gasteiger partial charge < -0.3 is 9.84 Å². The third-order valence-electron chi connectivity index (χ3n) is 4.51. The number of aromatic nitrogens is 2. The maximum absolute atomic E-state index is 13.1. The van der Waals surface area contributed by atoms with E-state index < -0.39 is 17.7 Å². The number of hydrogen-bond donors (Lipinski definition) is 1. The van der Waals surface area contributed by atoms with Crippen molar-refractivity contribution in [2.24, 2.45) is 0 Å². The molecule has 1 heterocycles. The minimum atomic E-state index is -4.50. The molecule has 0 saturated carbocycles. The number of para-hydroxylation sites is 1. The Morgan fingerprint density at radius 3 is 2.47 bits per heavy atom. The second kappa shape index (κ2) is 7.55. The zero-order valence-electron chi connectivity index (χ0n) is 15.4. The molecular weight excluding hydrogens is 397 g/mol. The molecule has 8 heteroatoms. The molecule has 0 saturated heterocycles. The van der Waals surface area contributed by atoms with Crippen molar-refractivity contribution < 1.29 is 27.8 Å². The molecule has 1 aromatic heterocycles. The number of fused-ring (bicyclic) bond motifs is 1. The van der Waals surface area contributed by atoms with Crippen LogP contribution in [0.25, 0.3) is 16.7 Å². The topological polar surface area (TPSA) is 64.3 Å². The molecule has 3 aromatic carbocycles. The number of benzene rings is 3. The summed E-state index contributed by atoms with van der Waals surface area (Å²) in [5.41, 5.74) is 0.254. The van der Waals surface area contributed by atoms with Crippen LogP contribution in [0.2, 0.25) is 0 Å². The van der Waals surface area contributed by atoms with Gasteiger partial charge in [0.15, 0.2) is 5.82 Å². The fourth-order valence-electron chi connectivity index (χ4n) is 3.13. The van der Waals surface area contributed by atoms with Crippen LogP contribution in [0.3, 0.4) is 0 Å². The van der Waals surface area contributed by atoms with Gasteiger partial charge in [0, 0.05) is 5.69 Å². The van der Waals surface area contributed by atoms with Gasteiger partial charge in [-0.25, -0.2) is 9.78 Å². The summed E-state index contributed by atoms with van der Waals surface area (Å²) in [7, 11) is 0. The summed E-state index contributed by atoms with van der Waals surface area (Å²) in [6.45, 7) is -0.0165. The van der Waals surface area contributed by atoms with Crippen LogP contribution in [0.5, 0.6) is 5.75 Å². The smallest absolute Gasteiger partial charge is 0.416 e. The Bertz CT molecular complexity index is 1220. The number of hydrogen-bond acceptors (Lipinski definition) is 3. The van der Waals surface area contributed by atoms with Crippen molar-refractivity contribution in [1.29, 1.82) is 0 Å². The number of imidazole rings is 1. The van der Waals surface area contributed by atoms with E-state index in [2.05, 4.69) is 4.98 Å². The Morgan fingerprint density at radius 2 is 1.77 bits per heavy atom. The number of alkyl halides is 3. The SMILES string of the molecule is O=C(O)c1cccc(-n2c(COc3ccccc3)nc3cc(C(F)(F)F)ccc32)c1. The number of rotatable bonds is 5. The summed E-state index contributed by atoms with van der Waals surface area (Å²) in [6.07, 6.45) is -4.50. The average Bonchev–Trinajstić information content (AvgIpc) is 3.10. The Labute approximate surface area is 169 Å². The highest BCUT2D eigenvalue weighted by atomic mass is 19.4. The van der Waals surface area contributed by atoms with Gasteiger partial charge in [-0.3, -0.25) is 4.57 Å². The van der Waals surface area contributed by atoms with E-state index >= 15 is 0 Å². The molecule has 152 valence electrons. The van der Waals surface area contributed by atoms with E-state index in [1.807, 2.05) is 6.07 Å². The first-order valence-electron chi connectivity index (χ1n) is 8.93. The van der Waals surface area contributed by atoms with Gasteiger partial charge in [0.1, 0.15) is 12.4 Å². The number of aromatic carboxylic acids is 1. The monoisotopic (exact) mass is 412 g/mol. The quantitative estimate of drug-likeness (QED) is 0.482. The second-order valence-electron chi connectivity index (χ2n) is 6.52. The summed E-state index contributed by atoms with van der Waals surface area (Å²) in [6, 6.07) is 18.3. The van der Waals surface area contributed by atoms with Gasteiger partial charge in [-0.15, -0.1) is 0 Å². The predicted molar refractivity (Wildman–Crippen MR) is 104 cm³/mol. The van der Waals surface area contributed by atoms with Crippen LogP contribution >= 0.6 is 0 Å². The second-order valence-corrected chi connectivity index (χ2v) is 6.52. The minimum Gasteiger partial charge on any atom is -0.486 e. The zero-order chi connectivity index (χ0) is 21.3. The summed E-state index contributed by atoms with van der Waals surface area (Å²) in [5.74, 6) is -0.190. The maximum Gasteiger partial charge on any atom is 0.416 e. The van der Waals surface area contributed by atoms with Gasteiger partial charge in [-0.2, -0.15) is 13.2 Å². The van der Waals surface area contributed by atoms with Crippen molar-refractivity contribution in [3.05, 3.63) is 89.7 Å².